The highest BCUT2D eigenvalue weighted by Gasteiger charge is 2.19. The van der Waals surface area contributed by atoms with Crippen LogP contribution >= 0.6 is 11.8 Å². The number of methoxy groups -OCH3 is 1. The van der Waals surface area contributed by atoms with Gasteiger partial charge in [0.05, 0.1) is 24.6 Å². The summed E-state index contributed by atoms with van der Waals surface area (Å²) in [7, 11) is 1.62. The quantitative estimate of drug-likeness (QED) is 0.588. The largest absolute Gasteiger partial charge is 0.497 e. The number of amides is 1. The van der Waals surface area contributed by atoms with Crippen molar-refractivity contribution in [3.63, 3.8) is 0 Å². The van der Waals surface area contributed by atoms with E-state index in [4.69, 9.17) is 4.74 Å². The summed E-state index contributed by atoms with van der Waals surface area (Å²) in [5.74, 6) is 1.20. The first-order chi connectivity index (χ1) is 13.6. The molecule has 1 N–H and O–H groups in total. The smallest absolute Gasteiger partial charge is 0.230 e. The molecule has 0 aliphatic heterocycles. The molecule has 0 radical (unpaired) electrons. The minimum atomic E-state index is -0.0585. The Hall–Kier alpha value is -2.87. The van der Waals surface area contributed by atoms with E-state index in [9.17, 15) is 4.79 Å². The number of nitrogens with one attached hydrogen (secondary N) is 1. The number of ether oxygens (including phenoxy) is 1. The molecule has 0 saturated heterocycles. The summed E-state index contributed by atoms with van der Waals surface area (Å²) >= 11 is 1.30. The monoisotopic (exact) mass is 397 g/mol. The van der Waals surface area contributed by atoms with Crippen LogP contribution in [0.3, 0.4) is 0 Å². The van der Waals surface area contributed by atoms with Gasteiger partial charge < -0.3 is 10.1 Å². The molecule has 2 aromatic carbocycles. The van der Waals surface area contributed by atoms with Gasteiger partial charge in [-0.3, -0.25) is 4.79 Å². The molecule has 1 aromatic heterocycles. The highest BCUT2D eigenvalue weighted by atomic mass is 32.2. The maximum Gasteiger partial charge on any atom is 0.230 e. The van der Waals surface area contributed by atoms with Crippen LogP contribution in [0.2, 0.25) is 0 Å². The average Bonchev–Trinajstić information content (AvgIpc) is 3.19. The molecule has 0 bridgehead atoms. The van der Waals surface area contributed by atoms with Crippen LogP contribution < -0.4 is 10.1 Å². The first-order valence-corrected chi connectivity index (χ1v) is 9.97. The summed E-state index contributed by atoms with van der Waals surface area (Å²) in [6.45, 7) is 4.19. The van der Waals surface area contributed by atoms with Gasteiger partial charge in [-0.1, -0.05) is 55.9 Å². The third-order valence-corrected chi connectivity index (χ3v) is 5.15. The van der Waals surface area contributed by atoms with Crippen molar-refractivity contribution in [2.24, 2.45) is 5.92 Å². The number of benzene rings is 2. The van der Waals surface area contributed by atoms with Crippen LogP contribution in [0.25, 0.3) is 5.69 Å². The molecular weight excluding hydrogens is 374 g/mol. The number of aromatic nitrogens is 4. The summed E-state index contributed by atoms with van der Waals surface area (Å²) in [5.41, 5.74) is 1.90. The van der Waals surface area contributed by atoms with Gasteiger partial charge >= 0.3 is 0 Å². The van der Waals surface area contributed by atoms with E-state index in [-0.39, 0.29) is 23.6 Å². The summed E-state index contributed by atoms with van der Waals surface area (Å²) in [4.78, 5) is 12.5. The number of hydrogen-bond donors (Lipinski definition) is 1. The molecule has 1 heterocycles. The maximum absolute atomic E-state index is 12.5. The van der Waals surface area contributed by atoms with Crippen LogP contribution in [0.4, 0.5) is 0 Å². The summed E-state index contributed by atoms with van der Waals surface area (Å²) in [5, 5.41) is 15.5. The number of nitrogens with zero attached hydrogens (tertiary/aromatic N) is 4. The van der Waals surface area contributed by atoms with Crippen LogP contribution in [0.1, 0.15) is 25.5 Å². The van der Waals surface area contributed by atoms with Gasteiger partial charge in [0.25, 0.3) is 0 Å². The van der Waals surface area contributed by atoms with E-state index in [1.807, 2.05) is 54.6 Å². The van der Waals surface area contributed by atoms with Gasteiger partial charge in [-0.2, -0.15) is 4.68 Å². The van der Waals surface area contributed by atoms with Crippen LogP contribution in [-0.2, 0) is 4.79 Å². The number of thioether (sulfide) groups is 1. The molecule has 146 valence electrons. The number of carbonyl (C=O) groups is 1. The second-order valence-electron chi connectivity index (χ2n) is 6.56. The molecule has 1 unspecified atom stereocenters. The van der Waals surface area contributed by atoms with E-state index >= 15 is 0 Å². The Bertz CT molecular complexity index is 896. The fourth-order valence-corrected chi connectivity index (χ4v) is 3.50. The van der Waals surface area contributed by atoms with E-state index in [1.54, 1.807) is 11.8 Å². The lowest BCUT2D eigenvalue weighted by molar-refractivity contribution is -0.119. The molecule has 0 fully saturated rings. The number of carbonyl (C=O) groups excluding carboxylic acids is 1. The lowest BCUT2D eigenvalue weighted by atomic mass is 9.96. The molecule has 0 aliphatic rings. The van der Waals surface area contributed by atoms with E-state index in [0.29, 0.717) is 5.16 Å². The first-order valence-electron chi connectivity index (χ1n) is 8.98. The van der Waals surface area contributed by atoms with Gasteiger partial charge in [0.1, 0.15) is 5.75 Å². The lowest BCUT2D eigenvalue weighted by Crippen LogP contribution is -2.33. The standard InChI is InChI=1S/C20H23N5O2S/c1-14(2)19(15-7-5-4-6-8-15)21-18(26)13-28-20-22-23-24-25(20)16-9-11-17(27-3)12-10-16/h4-12,14,19H,13H2,1-3H3,(H,21,26). The predicted octanol–water partition coefficient (Wildman–Crippen LogP) is 3.28. The average molecular weight is 398 g/mol. The molecule has 0 spiro atoms. The third kappa shape index (κ3) is 4.89. The fourth-order valence-electron chi connectivity index (χ4n) is 2.79. The van der Waals surface area contributed by atoms with Gasteiger partial charge in [0.2, 0.25) is 11.1 Å². The normalized spacial score (nSPS) is 12.0. The van der Waals surface area contributed by atoms with E-state index in [0.717, 1.165) is 17.0 Å². The Morgan fingerprint density at radius 2 is 1.86 bits per heavy atom. The van der Waals surface area contributed by atoms with Crippen LogP contribution in [0, 0.1) is 5.92 Å². The molecule has 8 heteroatoms. The molecule has 3 rings (SSSR count). The van der Waals surface area contributed by atoms with Gasteiger partial charge in [0, 0.05) is 0 Å². The molecule has 7 nitrogen and oxygen atoms in total. The minimum absolute atomic E-state index is 0.0353. The minimum Gasteiger partial charge on any atom is -0.497 e. The number of hydrogen-bond acceptors (Lipinski definition) is 6. The second kappa shape index (κ2) is 9.36. The van der Waals surface area contributed by atoms with Crippen LogP contribution in [0.15, 0.2) is 59.8 Å². The van der Waals surface area contributed by atoms with Crippen LogP contribution in [-0.4, -0.2) is 39.0 Å². The molecular formula is C20H23N5O2S. The molecule has 0 saturated carbocycles. The predicted molar refractivity (Wildman–Crippen MR) is 109 cm³/mol. The third-order valence-electron chi connectivity index (χ3n) is 4.23. The van der Waals surface area contributed by atoms with Crippen molar-refractivity contribution >= 4 is 17.7 Å². The highest BCUT2D eigenvalue weighted by Crippen LogP contribution is 2.23. The Labute approximate surface area is 168 Å². The summed E-state index contributed by atoms with van der Waals surface area (Å²) < 4.78 is 6.78. The first kappa shape index (κ1) is 19.9. The maximum atomic E-state index is 12.5. The zero-order valence-corrected chi connectivity index (χ0v) is 16.9. The van der Waals surface area contributed by atoms with E-state index < -0.39 is 0 Å². The summed E-state index contributed by atoms with van der Waals surface area (Å²) in [6, 6.07) is 17.4. The lowest BCUT2D eigenvalue weighted by Gasteiger charge is -2.22. The number of tetrazole rings is 1. The highest BCUT2D eigenvalue weighted by molar-refractivity contribution is 7.99. The topological polar surface area (TPSA) is 81.9 Å². The van der Waals surface area contributed by atoms with E-state index in [1.165, 1.54) is 11.8 Å². The van der Waals surface area contributed by atoms with Crippen LogP contribution in [0.5, 0.6) is 5.75 Å². The van der Waals surface area contributed by atoms with Gasteiger partial charge in [-0.05, 0) is 46.2 Å². The van der Waals surface area contributed by atoms with E-state index in [2.05, 4.69) is 34.7 Å². The van der Waals surface area contributed by atoms with Crippen molar-refractivity contribution in [3.05, 3.63) is 60.2 Å². The SMILES string of the molecule is COc1ccc(-n2nnnc2SCC(=O)NC(c2ccccc2)C(C)C)cc1. The van der Waals surface area contributed by atoms with Crippen molar-refractivity contribution < 1.29 is 9.53 Å². The Kier molecular flexibility index (Phi) is 6.65. The van der Waals surface area contributed by atoms with Gasteiger partial charge in [-0.15, -0.1) is 5.10 Å². The van der Waals surface area contributed by atoms with Crippen molar-refractivity contribution in [1.29, 1.82) is 0 Å². The Morgan fingerprint density at radius 3 is 2.50 bits per heavy atom. The number of rotatable bonds is 8. The molecule has 1 amide bonds. The van der Waals surface area contributed by atoms with Gasteiger partial charge in [-0.25, -0.2) is 0 Å². The summed E-state index contributed by atoms with van der Waals surface area (Å²) in [6.07, 6.45) is 0. The van der Waals surface area contributed by atoms with Crippen molar-refractivity contribution in [3.8, 4) is 11.4 Å². The zero-order chi connectivity index (χ0) is 19.9. The van der Waals surface area contributed by atoms with Crippen molar-refractivity contribution in [2.75, 3.05) is 12.9 Å². The Morgan fingerprint density at radius 1 is 1.14 bits per heavy atom. The van der Waals surface area contributed by atoms with Gasteiger partial charge in [0.15, 0.2) is 0 Å². The molecule has 28 heavy (non-hydrogen) atoms. The van der Waals surface area contributed by atoms with Crippen molar-refractivity contribution in [1.82, 2.24) is 25.5 Å². The Balaban J connectivity index is 1.64. The second-order valence-corrected chi connectivity index (χ2v) is 7.50. The fraction of sp³-hybridized carbons (Fsp3) is 0.300. The zero-order valence-electron chi connectivity index (χ0n) is 16.1. The molecule has 3 aromatic rings. The molecule has 1 atom stereocenters. The molecule has 0 aliphatic carbocycles. The van der Waals surface area contributed by atoms with Crippen molar-refractivity contribution in [2.45, 2.75) is 25.0 Å².